The SMILES string of the molecule is CC(C)(C)OC(=O)N1CC(N2CC(NC(=O)/C=C/c3cc(Cl)ccc3OCc3ccccc3Br)CC2=O)C1. The van der Waals surface area contributed by atoms with E-state index in [-0.39, 0.29) is 36.4 Å². The van der Waals surface area contributed by atoms with Crippen LogP contribution in [0.4, 0.5) is 4.79 Å². The number of hydrogen-bond donors (Lipinski definition) is 1. The zero-order chi connectivity index (χ0) is 27.4. The number of rotatable bonds is 7. The zero-order valence-corrected chi connectivity index (χ0v) is 23.9. The molecule has 2 aliphatic heterocycles. The van der Waals surface area contributed by atoms with Crippen molar-refractivity contribution in [1.82, 2.24) is 15.1 Å². The molecule has 38 heavy (non-hydrogen) atoms. The van der Waals surface area contributed by atoms with Crippen molar-refractivity contribution in [2.45, 2.75) is 51.5 Å². The Labute approximate surface area is 236 Å². The number of halogens is 2. The predicted molar refractivity (Wildman–Crippen MR) is 149 cm³/mol. The second kappa shape index (κ2) is 11.8. The Morgan fingerprint density at radius 2 is 1.89 bits per heavy atom. The summed E-state index contributed by atoms with van der Waals surface area (Å²) >= 11 is 9.70. The molecule has 1 atom stereocenters. The smallest absolute Gasteiger partial charge is 0.410 e. The number of carbonyl (C=O) groups excluding carboxylic acids is 3. The van der Waals surface area contributed by atoms with Crippen LogP contribution in [0.2, 0.25) is 5.02 Å². The van der Waals surface area contributed by atoms with E-state index in [2.05, 4.69) is 21.2 Å². The van der Waals surface area contributed by atoms with Gasteiger partial charge in [-0.25, -0.2) is 4.79 Å². The number of carbonyl (C=O) groups is 3. The Morgan fingerprint density at radius 3 is 2.61 bits per heavy atom. The molecule has 2 heterocycles. The second-order valence-corrected chi connectivity index (χ2v) is 11.7. The fourth-order valence-electron chi connectivity index (χ4n) is 4.28. The van der Waals surface area contributed by atoms with Crippen LogP contribution in [0.3, 0.4) is 0 Å². The largest absolute Gasteiger partial charge is 0.488 e. The number of benzene rings is 2. The van der Waals surface area contributed by atoms with Gasteiger partial charge in [0.05, 0.1) is 12.1 Å². The molecular weight excluding hydrogens is 574 g/mol. The van der Waals surface area contributed by atoms with Crippen LogP contribution in [0, 0.1) is 0 Å². The van der Waals surface area contributed by atoms with Crippen LogP contribution in [-0.4, -0.2) is 65.0 Å². The van der Waals surface area contributed by atoms with E-state index in [0.29, 0.717) is 42.6 Å². The minimum atomic E-state index is -0.564. The second-order valence-electron chi connectivity index (χ2n) is 10.4. The van der Waals surface area contributed by atoms with Crippen molar-refractivity contribution in [3.8, 4) is 5.75 Å². The molecule has 0 spiro atoms. The van der Waals surface area contributed by atoms with Gasteiger partial charge in [0, 0.05) is 52.8 Å². The zero-order valence-electron chi connectivity index (χ0n) is 21.6. The van der Waals surface area contributed by atoms with Gasteiger partial charge >= 0.3 is 6.09 Å². The molecule has 0 aromatic heterocycles. The summed E-state index contributed by atoms with van der Waals surface area (Å²) in [4.78, 5) is 40.7. The van der Waals surface area contributed by atoms with E-state index in [9.17, 15) is 14.4 Å². The minimum Gasteiger partial charge on any atom is -0.488 e. The molecule has 202 valence electrons. The van der Waals surface area contributed by atoms with E-state index < -0.39 is 5.60 Å². The molecule has 3 amide bonds. The predicted octanol–water partition coefficient (Wildman–Crippen LogP) is 5.03. The van der Waals surface area contributed by atoms with Crippen LogP contribution in [0.5, 0.6) is 5.75 Å². The van der Waals surface area contributed by atoms with Crippen LogP contribution in [0.15, 0.2) is 53.0 Å². The van der Waals surface area contributed by atoms with Gasteiger partial charge in [-0.3, -0.25) is 9.59 Å². The first kappa shape index (κ1) is 28.0. The first-order valence-electron chi connectivity index (χ1n) is 12.4. The van der Waals surface area contributed by atoms with E-state index in [1.807, 2.05) is 45.0 Å². The molecule has 10 heteroatoms. The molecule has 0 bridgehead atoms. The molecule has 2 aromatic carbocycles. The van der Waals surface area contributed by atoms with Crippen molar-refractivity contribution in [3.05, 3.63) is 69.2 Å². The summed E-state index contributed by atoms with van der Waals surface area (Å²) in [5, 5.41) is 3.43. The van der Waals surface area contributed by atoms with Crippen LogP contribution in [0.25, 0.3) is 6.08 Å². The topological polar surface area (TPSA) is 88.2 Å². The Balaban J connectivity index is 1.29. The van der Waals surface area contributed by atoms with Gasteiger partial charge in [-0.1, -0.05) is 45.7 Å². The van der Waals surface area contributed by atoms with Gasteiger partial charge in [0.25, 0.3) is 0 Å². The summed E-state index contributed by atoms with van der Waals surface area (Å²) in [6.07, 6.45) is 2.91. The van der Waals surface area contributed by atoms with Crippen LogP contribution < -0.4 is 10.1 Å². The maximum absolute atomic E-state index is 12.7. The number of hydrogen-bond acceptors (Lipinski definition) is 5. The van der Waals surface area contributed by atoms with Crippen molar-refractivity contribution in [2.24, 2.45) is 0 Å². The molecule has 0 radical (unpaired) electrons. The molecule has 2 aromatic rings. The van der Waals surface area contributed by atoms with Crippen LogP contribution >= 0.6 is 27.5 Å². The third kappa shape index (κ3) is 7.29. The van der Waals surface area contributed by atoms with Gasteiger partial charge in [-0.2, -0.15) is 0 Å². The van der Waals surface area contributed by atoms with E-state index in [4.69, 9.17) is 21.1 Å². The molecule has 1 unspecified atom stereocenters. The number of ether oxygens (including phenoxy) is 2. The standard InChI is InChI=1S/C28H31BrClN3O5/c1-28(2,3)38-27(36)32-15-22(16-32)33-14-21(13-26(33)35)31-25(34)11-8-18-12-20(30)9-10-24(18)37-17-19-6-4-5-7-23(19)29/h4-12,21-22H,13-17H2,1-3H3,(H,31,34)/b11-8+. The van der Waals surface area contributed by atoms with Gasteiger partial charge in [-0.05, 0) is 51.1 Å². The highest BCUT2D eigenvalue weighted by molar-refractivity contribution is 9.10. The maximum Gasteiger partial charge on any atom is 0.410 e. The molecule has 0 saturated carbocycles. The van der Waals surface area contributed by atoms with Gasteiger partial charge < -0.3 is 24.6 Å². The molecule has 2 fully saturated rings. The monoisotopic (exact) mass is 603 g/mol. The molecule has 4 rings (SSSR count). The Morgan fingerprint density at radius 1 is 1.16 bits per heavy atom. The summed E-state index contributed by atoms with van der Waals surface area (Å²) in [6, 6.07) is 12.6. The number of nitrogens with zero attached hydrogens (tertiary/aromatic N) is 2. The molecule has 2 aliphatic rings. The highest BCUT2D eigenvalue weighted by Crippen LogP contribution is 2.27. The molecule has 8 nitrogen and oxygen atoms in total. The lowest BCUT2D eigenvalue weighted by atomic mass is 10.1. The van der Waals surface area contributed by atoms with Gasteiger partial charge in [0.15, 0.2) is 0 Å². The Bertz CT molecular complexity index is 1240. The van der Waals surface area contributed by atoms with Crippen molar-refractivity contribution >= 4 is 51.5 Å². The van der Waals surface area contributed by atoms with Gasteiger partial charge in [0.1, 0.15) is 18.0 Å². The van der Waals surface area contributed by atoms with E-state index in [0.717, 1.165) is 10.0 Å². The highest BCUT2D eigenvalue weighted by atomic mass is 79.9. The summed E-state index contributed by atoms with van der Waals surface area (Å²) < 4.78 is 12.3. The van der Waals surface area contributed by atoms with E-state index in [1.165, 1.54) is 6.08 Å². The van der Waals surface area contributed by atoms with Crippen molar-refractivity contribution < 1.29 is 23.9 Å². The molecular formula is C28H31BrClN3O5. The van der Waals surface area contributed by atoms with Crippen molar-refractivity contribution in [3.63, 3.8) is 0 Å². The fraction of sp³-hybridized carbons (Fsp3) is 0.393. The van der Waals surface area contributed by atoms with Gasteiger partial charge in [0.2, 0.25) is 11.8 Å². The highest BCUT2D eigenvalue weighted by Gasteiger charge is 2.42. The lowest BCUT2D eigenvalue weighted by Crippen LogP contribution is -2.62. The van der Waals surface area contributed by atoms with Crippen molar-refractivity contribution in [1.29, 1.82) is 0 Å². The van der Waals surface area contributed by atoms with Crippen molar-refractivity contribution in [2.75, 3.05) is 19.6 Å². The van der Waals surface area contributed by atoms with Gasteiger partial charge in [-0.15, -0.1) is 0 Å². The summed E-state index contributed by atoms with van der Waals surface area (Å²) in [5.74, 6) is 0.243. The lowest BCUT2D eigenvalue weighted by molar-refractivity contribution is -0.132. The number of nitrogens with one attached hydrogen (secondary N) is 1. The normalized spacial score (nSPS) is 18.0. The Kier molecular flexibility index (Phi) is 8.67. The summed E-state index contributed by atoms with van der Waals surface area (Å²) in [6.45, 7) is 7.07. The van der Waals surface area contributed by atoms with Crippen LogP contribution in [0.1, 0.15) is 38.3 Å². The number of likely N-dealkylation sites (tertiary alicyclic amines) is 2. The summed E-state index contributed by atoms with van der Waals surface area (Å²) in [7, 11) is 0. The maximum atomic E-state index is 12.7. The quantitative estimate of drug-likeness (QED) is 0.448. The first-order chi connectivity index (χ1) is 18.0. The average Bonchev–Trinajstić information content (AvgIpc) is 3.15. The van der Waals surface area contributed by atoms with Crippen LogP contribution in [-0.2, 0) is 20.9 Å². The van der Waals surface area contributed by atoms with E-state index in [1.54, 1.807) is 34.1 Å². The first-order valence-corrected chi connectivity index (χ1v) is 13.6. The molecule has 2 saturated heterocycles. The fourth-order valence-corrected chi connectivity index (χ4v) is 4.86. The third-order valence-electron chi connectivity index (χ3n) is 6.19. The number of amides is 3. The lowest BCUT2D eigenvalue weighted by Gasteiger charge is -2.44. The molecule has 1 N–H and O–H groups in total. The van der Waals surface area contributed by atoms with E-state index >= 15 is 0 Å². The Hall–Kier alpha value is -3.04. The molecule has 0 aliphatic carbocycles. The third-order valence-corrected chi connectivity index (χ3v) is 7.20. The minimum absolute atomic E-state index is 0.0364. The summed E-state index contributed by atoms with van der Waals surface area (Å²) in [5.41, 5.74) is 1.10. The average molecular weight is 605 g/mol.